The van der Waals surface area contributed by atoms with Gasteiger partial charge in [-0.2, -0.15) is 11.8 Å². The first kappa shape index (κ1) is 14.5. The fourth-order valence-corrected chi connectivity index (χ4v) is 3.00. The van der Waals surface area contributed by atoms with Gasteiger partial charge in [0.25, 0.3) is 0 Å². The molecule has 19 heavy (non-hydrogen) atoms. The Kier molecular flexibility index (Phi) is 4.94. The van der Waals surface area contributed by atoms with E-state index in [0.717, 1.165) is 17.0 Å². The van der Waals surface area contributed by atoms with Gasteiger partial charge in [0.05, 0.1) is 17.1 Å². The number of hydrogen-bond donors (Lipinski definition) is 0. The van der Waals surface area contributed by atoms with Crippen LogP contribution in [0.25, 0.3) is 10.9 Å². The van der Waals surface area contributed by atoms with Crippen LogP contribution in [-0.2, 0) is 5.88 Å². The zero-order valence-corrected chi connectivity index (χ0v) is 13.1. The summed E-state index contributed by atoms with van der Waals surface area (Å²) in [5.41, 5.74) is 3.15. The van der Waals surface area contributed by atoms with Crippen LogP contribution in [0, 0.1) is 0 Å². The van der Waals surface area contributed by atoms with E-state index < -0.39 is 0 Å². The predicted molar refractivity (Wildman–Crippen MR) is 87.5 cm³/mol. The number of aromatic nitrogens is 1. The molecular formula is C15H19ClN2S. The average Bonchev–Trinajstić information content (AvgIpc) is 2.45. The molecule has 1 heterocycles. The molecule has 0 aliphatic carbocycles. The second-order valence-corrected chi connectivity index (χ2v) is 5.88. The molecule has 0 saturated carbocycles. The molecule has 4 heteroatoms. The summed E-state index contributed by atoms with van der Waals surface area (Å²) in [5, 5.41) is 1.19. The van der Waals surface area contributed by atoms with Crippen molar-refractivity contribution in [2.75, 3.05) is 24.0 Å². The molecule has 0 fully saturated rings. The number of halogens is 1. The highest BCUT2D eigenvalue weighted by atomic mass is 35.5. The molecule has 1 aromatic heterocycles. The van der Waals surface area contributed by atoms with E-state index in [1.807, 2.05) is 23.9 Å². The van der Waals surface area contributed by atoms with Crippen molar-refractivity contribution in [3.8, 4) is 0 Å². The SMILES string of the molecule is CSCC(C)N(C)c1cc(CCl)nc2ccccc12. The van der Waals surface area contributed by atoms with E-state index in [4.69, 9.17) is 11.6 Å². The van der Waals surface area contributed by atoms with Gasteiger partial charge in [-0.1, -0.05) is 18.2 Å². The smallest absolute Gasteiger partial charge is 0.0726 e. The standard InChI is InChI=1S/C15H19ClN2S/c1-11(10-19-3)18(2)15-8-12(9-16)17-14-7-5-4-6-13(14)15/h4-8,11H,9-10H2,1-3H3. The number of rotatable bonds is 5. The highest BCUT2D eigenvalue weighted by molar-refractivity contribution is 7.98. The predicted octanol–water partition coefficient (Wildman–Crippen LogP) is 4.16. The molecule has 2 nitrogen and oxygen atoms in total. The minimum absolute atomic E-state index is 0.447. The maximum atomic E-state index is 5.96. The third kappa shape index (κ3) is 3.15. The quantitative estimate of drug-likeness (QED) is 0.770. The van der Waals surface area contributed by atoms with Crippen molar-refractivity contribution in [1.82, 2.24) is 4.98 Å². The molecule has 2 aromatic rings. The molecule has 1 unspecified atom stereocenters. The Labute approximate surface area is 124 Å². The van der Waals surface area contributed by atoms with Gasteiger partial charge in [-0.25, -0.2) is 0 Å². The maximum absolute atomic E-state index is 5.96. The molecule has 0 bridgehead atoms. The highest BCUT2D eigenvalue weighted by Gasteiger charge is 2.14. The number of para-hydroxylation sites is 1. The summed E-state index contributed by atoms with van der Waals surface area (Å²) in [7, 11) is 2.14. The number of fused-ring (bicyclic) bond motifs is 1. The van der Waals surface area contributed by atoms with Crippen LogP contribution in [-0.4, -0.2) is 30.1 Å². The van der Waals surface area contributed by atoms with E-state index in [9.17, 15) is 0 Å². The van der Waals surface area contributed by atoms with Gasteiger partial charge in [0, 0.05) is 29.9 Å². The Bertz CT molecular complexity index is 559. The molecule has 2 rings (SSSR count). The number of pyridine rings is 1. The van der Waals surface area contributed by atoms with Gasteiger partial charge in [-0.05, 0) is 25.3 Å². The van der Waals surface area contributed by atoms with Gasteiger partial charge in [0.1, 0.15) is 0 Å². The molecule has 0 aliphatic rings. The second-order valence-electron chi connectivity index (χ2n) is 4.70. The average molecular weight is 295 g/mol. The van der Waals surface area contributed by atoms with E-state index in [0.29, 0.717) is 11.9 Å². The summed E-state index contributed by atoms with van der Waals surface area (Å²) in [6.45, 7) is 2.24. The van der Waals surface area contributed by atoms with Gasteiger partial charge in [-0.15, -0.1) is 11.6 Å². The molecule has 0 amide bonds. The molecule has 0 aliphatic heterocycles. The monoisotopic (exact) mass is 294 g/mol. The van der Waals surface area contributed by atoms with E-state index in [-0.39, 0.29) is 0 Å². The molecule has 0 spiro atoms. The maximum Gasteiger partial charge on any atom is 0.0726 e. The molecule has 102 valence electrons. The molecule has 0 radical (unpaired) electrons. The first-order valence-corrected chi connectivity index (χ1v) is 8.26. The Morgan fingerprint density at radius 3 is 2.79 bits per heavy atom. The minimum atomic E-state index is 0.447. The van der Waals surface area contributed by atoms with Gasteiger partial charge in [-0.3, -0.25) is 4.98 Å². The number of hydrogen-bond acceptors (Lipinski definition) is 3. The fraction of sp³-hybridized carbons (Fsp3) is 0.400. The number of thioether (sulfide) groups is 1. The van der Waals surface area contributed by atoms with E-state index in [1.165, 1.54) is 11.1 Å². The lowest BCUT2D eigenvalue weighted by Gasteiger charge is -2.28. The molecule has 0 N–H and O–H groups in total. The number of alkyl halides is 1. The van der Waals surface area contributed by atoms with Crippen LogP contribution in [0.5, 0.6) is 0 Å². The topological polar surface area (TPSA) is 16.1 Å². The Hall–Kier alpha value is -0.930. The van der Waals surface area contributed by atoms with Gasteiger partial charge < -0.3 is 4.90 Å². The van der Waals surface area contributed by atoms with Crippen molar-refractivity contribution in [3.05, 3.63) is 36.0 Å². The van der Waals surface area contributed by atoms with Crippen LogP contribution in [0.4, 0.5) is 5.69 Å². The summed E-state index contributed by atoms with van der Waals surface area (Å²) >= 11 is 7.82. The Balaban J connectivity index is 2.51. The van der Waals surface area contributed by atoms with Crippen molar-refractivity contribution in [2.45, 2.75) is 18.8 Å². The van der Waals surface area contributed by atoms with E-state index in [2.05, 4.69) is 48.3 Å². The lowest BCUT2D eigenvalue weighted by Crippen LogP contribution is -2.31. The summed E-state index contributed by atoms with van der Waals surface area (Å²) in [6.07, 6.45) is 2.14. The zero-order chi connectivity index (χ0) is 13.8. The van der Waals surface area contributed by atoms with E-state index in [1.54, 1.807) is 0 Å². The fourth-order valence-electron chi connectivity index (χ4n) is 2.16. The van der Waals surface area contributed by atoms with Crippen molar-refractivity contribution in [3.63, 3.8) is 0 Å². The number of anilines is 1. The number of nitrogens with zero attached hydrogens (tertiary/aromatic N) is 2. The lowest BCUT2D eigenvalue weighted by molar-refractivity contribution is 0.767. The Morgan fingerprint density at radius 2 is 2.11 bits per heavy atom. The first-order valence-electron chi connectivity index (χ1n) is 6.33. The largest absolute Gasteiger partial charge is 0.370 e. The summed E-state index contributed by atoms with van der Waals surface area (Å²) in [6, 6.07) is 10.8. The van der Waals surface area contributed by atoms with Crippen molar-refractivity contribution in [1.29, 1.82) is 0 Å². The van der Waals surface area contributed by atoms with Crippen molar-refractivity contribution >= 4 is 40.0 Å². The second kappa shape index (κ2) is 6.49. The summed E-state index contributed by atoms with van der Waals surface area (Å²) in [5.74, 6) is 1.55. The van der Waals surface area contributed by atoms with E-state index >= 15 is 0 Å². The zero-order valence-electron chi connectivity index (χ0n) is 11.6. The van der Waals surface area contributed by atoms with Gasteiger partial charge >= 0.3 is 0 Å². The van der Waals surface area contributed by atoms with Crippen LogP contribution in [0.3, 0.4) is 0 Å². The van der Waals surface area contributed by atoms with Crippen LogP contribution in [0.2, 0.25) is 0 Å². The van der Waals surface area contributed by atoms with Crippen molar-refractivity contribution < 1.29 is 0 Å². The van der Waals surface area contributed by atoms with Crippen LogP contribution in [0.15, 0.2) is 30.3 Å². The number of benzene rings is 1. The normalized spacial score (nSPS) is 12.6. The summed E-state index contributed by atoms with van der Waals surface area (Å²) in [4.78, 5) is 6.89. The third-order valence-corrected chi connectivity index (χ3v) is 4.42. The first-order chi connectivity index (χ1) is 9.17. The Morgan fingerprint density at radius 1 is 1.37 bits per heavy atom. The third-order valence-electron chi connectivity index (χ3n) is 3.33. The molecule has 1 atom stereocenters. The van der Waals surface area contributed by atoms with Crippen LogP contribution < -0.4 is 4.90 Å². The van der Waals surface area contributed by atoms with Gasteiger partial charge in [0.2, 0.25) is 0 Å². The lowest BCUT2D eigenvalue weighted by atomic mass is 10.1. The van der Waals surface area contributed by atoms with Crippen LogP contribution >= 0.6 is 23.4 Å². The van der Waals surface area contributed by atoms with Crippen molar-refractivity contribution in [2.24, 2.45) is 0 Å². The molecule has 1 aromatic carbocycles. The van der Waals surface area contributed by atoms with Crippen LogP contribution in [0.1, 0.15) is 12.6 Å². The molecule has 0 saturated heterocycles. The minimum Gasteiger partial charge on any atom is -0.370 e. The van der Waals surface area contributed by atoms with Gasteiger partial charge in [0.15, 0.2) is 0 Å². The summed E-state index contributed by atoms with van der Waals surface area (Å²) < 4.78 is 0. The highest BCUT2D eigenvalue weighted by Crippen LogP contribution is 2.28. The molecular weight excluding hydrogens is 276 g/mol.